The first-order valence-corrected chi connectivity index (χ1v) is 9.97. The Morgan fingerprint density at radius 2 is 2.00 bits per heavy atom. The minimum atomic E-state index is -0.511. The van der Waals surface area contributed by atoms with E-state index in [1.54, 1.807) is 11.1 Å². The van der Waals surface area contributed by atoms with Gasteiger partial charge in [-0.3, -0.25) is 19.4 Å². The molecule has 4 amide bonds. The molecule has 0 radical (unpaired) electrons. The maximum absolute atomic E-state index is 12.2. The quantitative estimate of drug-likeness (QED) is 0.820. The van der Waals surface area contributed by atoms with Gasteiger partial charge in [-0.2, -0.15) is 0 Å². The van der Waals surface area contributed by atoms with Gasteiger partial charge in [-0.05, 0) is 50.5 Å². The lowest BCUT2D eigenvalue weighted by Gasteiger charge is -2.29. The maximum Gasteiger partial charge on any atom is 0.410 e. The molecule has 4 heterocycles. The molecular formula is C21H25N5O4. The lowest BCUT2D eigenvalue weighted by molar-refractivity contribution is -0.120. The molecule has 0 spiro atoms. The zero-order valence-corrected chi connectivity index (χ0v) is 17.3. The van der Waals surface area contributed by atoms with E-state index in [1.807, 2.05) is 49.6 Å². The number of rotatable bonds is 2. The normalized spacial score (nSPS) is 17.8. The second-order valence-electron chi connectivity index (χ2n) is 8.42. The van der Waals surface area contributed by atoms with Crippen LogP contribution in [0.1, 0.15) is 39.2 Å². The smallest absolute Gasteiger partial charge is 0.410 e. The molecule has 1 saturated heterocycles. The molecule has 2 aromatic rings. The molecule has 0 saturated carbocycles. The molecule has 1 fully saturated rings. The van der Waals surface area contributed by atoms with Gasteiger partial charge in [0.15, 0.2) is 0 Å². The van der Waals surface area contributed by atoms with Crippen LogP contribution in [0.3, 0.4) is 0 Å². The van der Waals surface area contributed by atoms with Crippen LogP contribution in [0.25, 0.3) is 11.2 Å². The molecule has 9 nitrogen and oxygen atoms in total. The van der Waals surface area contributed by atoms with Crippen LogP contribution in [-0.4, -0.2) is 57.6 Å². The third-order valence-electron chi connectivity index (χ3n) is 5.06. The van der Waals surface area contributed by atoms with Crippen molar-refractivity contribution in [3.8, 4) is 0 Å². The van der Waals surface area contributed by atoms with Crippen molar-refractivity contribution < 1.29 is 19.1 Å². The van der Waals surface area contributed by atoms with Gasteiger partial charge in [-0.1, -0.05) is 6.08 Å². The summed E-state index contributed by atoms with van der Waals surface area (Å²) >= 11 is 0. The molecule has 1 N–H and O–H groups in total. The predicted molar refractivity (Wildman–Crippen MR) is 111 cm³/mol. The Labute approximate surface area is 174 Å². The monoisotopic (exact) mass is 411 g/mol. The minimum Gasteiger partial charge on any atom is -0.444 e. The summed E-state index contributed by atoms with van der Waals surface area (Å²) in [7, 11) is 0. The van der Waals surface area contributed by atoms with Gasteiger partial charge in [0.1, 0.15) is 17.1 Å². The molecule has 4 rings (SSSR count). The number of fused-ring (bicyclic) bond motifs is 1. The molecule has 0 aliphatic carbocycles. The van der Waals surface area contributed by atoms with Crippen molar-refractivity contribution in [1.29, 1.82) is 0 Å². The topological polar surface area (TPSA) is 96.3 Å². The number of ether oxygens (including phenoxy) is 1. The summed E-state index contributed by atoms with van der Waals surface area (Å²) in [5, 5.41) is 2.33. The van der Waals surface area contributed by atoms with Crippen molar-refractivity contribution >= 4 is 35.1 Å². The first kappa shape index (κ1) is 19.9. The number of nitrogens with zero attached hydrogens (tertiary/aromatic N) is 4. The number of carbonyl (C=O) groups is 3. The highest BCUT2D eigenvalue weighted by Gasteiger charge is 2.27. The zero-order chi connectivity index (χ0) is 21.5. The van der Waals surface area contributed by atoms with Crippen molar-refractivity contribution in [2.45, 2.75) is 39.2 Å². The molecule has 0 unspecified atom stereocenters. The zero-order valence-electron chi connectivity index (χ0n) is 17.3. The number of nitrogens with one attached hydrogen (secondary N) is 1. The highest BCUT2D eigenvalue weighted by Crippen LogP contribution is 2.26. The maximum atomic E-state index is 12.2. The number of anilines is 1. The molecule has 158 valence electrons. The fourth-order valence-corrected chi connectivity index (χ4v) is 3.57. The van der Waals surface area contributed by atoms with E-state index in [9.17, 15) is 14.4 Å². The highest BCUT2D eigenvalue weighted by molar-refractivity contribution is 6.05. The predicted octanol–water partition coefficient (Wildman–Crippen LogP) is 2.80. The van der Waals surface area contributed by atoms with Crippen LogP contribution in [0.5, 0.6) is 0 Å². The van der Waals surface area contributed by atoms with Crippen molar-refractivity contribution in [1.82, 2.24) is 19.6 Å². The van der Waals surface area contributed by atoms with Crippen LogP contribution in [-0.2, 0) is 9.53 Å². The SMILES string of the molecule is CC(C)(C)OC(=O)N1CC=C(c2ccn3c(N4CCC(=O)NC4=O)cnc3c2)CC1. The van der Waals surface area contributed by atoms with Crippen LogP contribution in [0.2, 0.25) is 0 Å². The number of imide groups is 1. The minimum absolute atomic E-state index is 0.262. The number of hydrogen-bond donors (Lipinski definition) is 1. The number of pyridine rings is 1. The van der Waals surface area contributed by atoms with Gasteiger partial charge < -0.3 is 9.64 Å². The molecule has 9 heteroatoms. The first-order chi connectivity index (χ1) is 14.2. The van der Waals surface area contributed by atoms with Crippen molar-refractivity contribution in [3.63, 3.8) is 0 Å². The Hall–Kier alpha value is -3.36. The van der Waals surface area contributed by atoms with E-state index in [0.717, 1.165) is 17.6 Å². The third-order valence-corrected chi connectivity index (χ3v) is 5.06. The second-order valence-corrected chi connectivity index (χ2v) is 8.42. The Kier molecular flexibility index (Phi) is 4.97. The number of carbonyl (C=O) groups excluding carboxylic acids is 3. The van der Waals surface area contributed by atoms with E-state index < -0.39 is 11.6 Å². The van der Waals surface area contributed by atoms with Crippen molar-refractivity contribution in [3.05, 3.63) is 36.2 Å². The van der Waals surface area contributed by atoms with Gasteiger partial charge in [0.25, 0.3) is 0 Å². The molecule has 2 aliphatic heterocycles. The van der Waals surface area contributed by atoms with E-state index in [-0.39, 0.29) is 18.4 Å². The van der Waals surface area contributed by atoms with Crippen LogP contribution in [0, 0.1) is 0 Å². The average molecular weight is 411 g/mol. The van der Waals surface area contributed by atoms with E-state index in [0.29, 0.717) is 31.1 Å². The molecule has 0 bridgehead atoms. The summed E-state index contributed by atoms with van der Waals surface area (Å²) in [5.41, 5.74) is 2.37. The first-order valence-electron chi connectivity index (χ1n) is 9.97. The van der Waals surface area contributed by atoms with Crippen molar-refractivity contribution in [2.75, 3.05) is 24.5 Å². The summed E-state index contributed by atoms with van der Waals surface area (Å²) < 4.78 is 7.27. The summed E-state index contributed by atoms with van der Waals surface area (Å²) in [6.07, 6.45) is 6.22. The molecule has 2 aliphatic rings. The van der Waals surface area contributed by atoms with E-state index in [2.05, 4.69) is 10.3 Å². The second kappa shape index (κ2) is 7.47. The summed E-state index contributed by atoms with van der Waals surface area (Å²) in [4.78, 5) is 43.4. The average Bonchev–Trinajstić information content (AvgIpc) is 3.10. The van der Waals surface area contributed by atoms with Crippen LogP contribution < -0.4 is 10.2 Å². The van der Waals surface area contributed by atoms with Crippen molar-refractivity contribution in [2.24, 2.45) is 0 Å². The number of amides is 4. The fourth-order valence-electron chi connectivity index (χ4n) is 3.57. The summed E-state index contributed by atoms with van der Waals surface area (Å²) in [6.45, 7) is 6.98. The van der Waals surface area contributed by atoms with E-state index >= 15 is 0 Å². The lowest BCUT2D eigenvalue weighted by Crippen LogP contribution is -2.50. The third kappa shape index (κ3) is 4.00. The largest absolute Gasteiger partial charge is 0.444 e. The Bertz CT molecular complexity index is 1050. The Balaban J connectivity index is 1.51. The van der Waals surface area contributed by atoms with Gasteiger partial charge in [-0.25, -0.2) is 14.6 Å². The molecule has 2 aromatic heterocycles. The standard InChI is InChI=1S/C21H25N5O4/c1-21(2,3)30-20(29)24-8-4-14(5-9-24)15-6-10-25-16(12-15)22-13-18(25)26-11-7-17(27)23-19(26)28/h4,6,10,12-13H,5,7-9,11H2,1-3H3,(H,23,27,28). The fraction of sp³-hybridized carbons (Fsp3) is 0.429. The van der Waals surface area contributed by atoms with Gasteiger partial charge in [-0.15, -0.1) is 0 Å². The lowest BCUT2D eigenvalue weighted by atomic mass is 10.0. The van der Waals surface area contributed by atoms with Gasteiger partial charge in [0.05, 0.1) is 6.20 Å². The highest BCUT2D eigenvalue weighted by atomic mass is 16.6. The van der Waals surface area contributed by atoms with E-state index in [1.165, 1.54) is 4.90 Å². The molecule has 0 aromatic carbocycles. The number of imidazole rings is 1. The molecule has 0 atom stereocenters. The Morgan fingerprint density at radius 1 is 1.20 bits per heavy atom. The summed E-state index contributed by atoms with van der Waals surface area (Å²) in [6, 6.07) is 3.50. The Morgan fingerprint density at radius 3 is 2.67 bits per heavy atom. The van der Waals surface area contributed by atoms with Crippen LogP contribution >= 0.6 is 0 Å². The van der Waals surface area contributed by atoms with Gasteiger partial charge >= 0.3 is 12.1 Å². The number of urea groups is 1. The van der Waals surface area contributed by atoms with Gasteiger partial charge in [0.2, 0.25) is 5.91 Å². The van der Waals surface area contributed by atoms with Gasteiger partial charge in [0, 0.05) is 32.3 Å². The van der Waals surface area contributed by atoms with Crippen LogP contribution in [0.4, 0.5) is 15.4 Å². The van der Waals surface area contributed by atoms with E-state index in [4.69, 9.17) is 4.74 Å². The molecule has 30 heavy (non-hydrogen) atoms. The summed E-state index contributed by atoms with van der Waals surface area (Å²) in [5.74, 6) is 0.354. The number of aromatic nitrogens is 2. The molecular weight excluding hydrogens is 386 g/mol. The van der Waals surface area contributed by atoms with Crippen LogP contribution in [0.15, 0.2) is 30.6 Å². The number of hydrogen-bond acceptors (Lipinski definition) is 5.